The van der Waals surface area contributed by atoms with E-state index >= 15 is 0 Å². The molecular formula is C23H26N4. The lowest BCUT2D eigenvalue weighted by Crippen LogP contribution is -2.36. The Balaban J connectivity index is 1.89. The zero-order valence-electron chi connectivity index (χ0n) is 16.1. The Bertz CT molecular complexity index is 941. The highest BCUT2D eigenvalue weighted by Crippen LogP contribution is 2.30. The van der Waals surface area contributed by atoms with Crippen molar-refractivity contribution in [3.8, 4) is 0 Å². The summed E-state index contributed by atoms with van der Waals surface area (Å²) in [6.45, 7) is 2.13. The lowest BCUT2D eigenvalue weighted by Gasteiger charge is -2.30. The van der Waals surface area contributed by atoms with Crippen molar-refractivity contribution >= 4 is 28.2 Å². The number of aromatic nitrogens is 1. The van der Waals surface area contributed by atoms with Crippen molar-refractivity contribution in [2.75, 3.05) is 32.1 Å². The molecule has 0 bridgehead atoms. The molecule has 4 nitrogen and oxygen atoms in total. The summed E-state index contributed by atoms with van der Waals surface area (Å²) in [6, 6.07) is 20.9. The van der Waals surface area contributed by atoms with Gasteiger partial charge < -0.3 is 9.80 Å². The molecule has 1 aromatic heterocycles. The van der Waals surface area contributed by atoms with E-state index in [0.717, 1.165) is 41.3 Å². The zero-order valence-corrected chi connectivity index (χ0v) is 16.1. The molecule has 1 saturated heterocycles. The maximum Gasteiger partial charge on any atom is 0.136 e. The van der Waals surface area contributed by atoms with Gasteiger partial charge in [-0.25, -0.2) is 9.98 Å². The highest BCUT2D eigenvalue weighted by atomic mass is 15.2. The molecule has 1 aliphatic heterocycles. The van der Waals surface area contributed by atoms with Crippen LogP contribution in [-0.4, -0.2) is 42.9 Å². The molecular weight excluding hydrogens is 332 g/mol. The number of benzene rings is 2. The van der Waals surface area contributed by atoms with Crippen LogP contribution in [-0.2, 0) is 0 Å². The second-order valence-corrected chi connectivity index (χ2v) is 7.26. The fourth-order valence-electron chi connectivity index (χ4n) is 3.59. The van der Waals surface area contributed by atoms with Crippen molar-refractivity contribution in [1.29, 1.82) is 0 Å². The lowest BCUT2D eigenvalue weighted by molar-refractivity contribution is 0.343. The van der Waals surface area contributed by atoms with Crippen molar-refractivity contribution in [2.45, 2.75) is 19.3 Å². The molecule has 0 radical (unpaired) electrons. The maximum absolute atomic E-state index is 5.20. The van der Waals surface area contributed by atoms with Crippen LogP contribution in [0.3, 0.4) is 0 Å². The first-order valence-corrected chi connectivity index (χ1v) is 9.68. The quantitative estimate of drug-likeness (QED) is 0.495. The van der Waals surface area contributed by atoms with Crippen molar-refractivity contribution in [3.63, 3.8) is 0 Å². The van der Waals surface area contributed by atoms with Crippen LogP contribution in [0, 0.1) is 0 Å². The van der Waals surface area contributed by atoms with Gasteiger partial charge in [0.25, 0.3) is 0 Å². The molecule has 4 heteroatoms. The smallest absolute Gasteiger partial charge is 0.136 e. The predicted molar refractivity (Wildman–Crippen MR) is 114 cm³/mol. The van der Waals surface area contributed by atoms with E-state index in [0.29, 0.717) is 0 Å². The van der Waals surface area contributed by atoms with Gasteiger partial charge >= 0.3 is 0 Å². The summed E-state index contributed by atoms with van der Waals surface area (Å²) >= 11 is 0. The van der Waals surface area contributed by atoms with E-state index in [1.165, 1.54) is 24.8 Å². The van der Waals surface area contributed by atoms with Gasteiger partial charge in [-0.05, 0) is 25.3 Å². The van der Waals surface area contributed by atoms with Gasteiger partial charge in [-0.1, -0.05) is 48.5 Å². The van der Waals surface area contributed by atoms with Gasteiger partial charge in [0, 0.05) is 44.2 Å². The third kappa shape index (κ3) is 3.80. The van der Waals surface area contributed by atoms with E-state index in [9.17, 15) is 0 Å². The van der Waals surface area contributed by atoms with Crippen molar-refractivity contribution in [3.05, 3.63) is 66.2 Å². The fourth-order valence-corrected chi connectivity index (χ4v) is 3.59. The summed E-state index contributed by atoms with van der Waals surface area (Å²) in [7, 11) is 4.04. The number of pyridine rings is 1. The standard InChI is InChI=1S/C23H26N4/c1-26(2)22-17-21(19-13-7-8-14-20(19)24-22)25-23(18-11-5-3-6-12-18)27-15-9-4-10-16-27/h3,5-8,11-14,17H,4,9-10,15-16H2,1-2H3. The van der Waals surface area contributed by atoms with Gasteiger partial charge in [0.1, 0.15) is 11.7 Å². The molecule has 0 N–H and O–H groups in total. The molecule has 1 aliphatic rings. The summed E-state index contributed by atoms with van der Waals surface area (Å²) in [4.78, 5) is 14.4. The first-order chi connectivity index (χ1) is 13.2. The minimum Gasteiger partial charge on any atom is -0.363 e. The summed E-state index contributed by atoms with van der Waals surface area (Å²) in [6.07, 6.45) is 3.76. The average Bonchev–Trinajstić information content (AvgIpc) is 2.73. The number of amidine groups is 1. The highest BCUT2D eigenvalue weighted by Gasteiger charge is 2.17. The van der Waals surface area contributed by atoms with Crippen LogP contribution in [0.25, 0.3) is 10.9 Å². The summed E-state index contributed by atoms with van der Waals surface area (Å²) in [5.41, 5.74) is 3.13. The van der Waals surface area contributed by atoms with Crippen LogP contribution in [0.15, 0.2) is 65.7 Å². The van der Waals surface area contributed by atoms with E-state index in [4.69, 9.17) is 9.98 Å². The Morgan fingerprint density at radius 1 is 0.926 bits per heavy atom. The minimum atomic E-state index is 0.929. The molecule has 0 spiro atoms. The number of hydrogen-bond donors (Lipinski definition) is 0. The topological polar surface area (TPSA) is 31.7 Å². The third-order valence-corrected chi connectivity index (χ3v) is 5.05. The second-order valence-electron chi connectivity index (χ2n) is 7.26. The molecule has 0 saturated carbocycles. The summed E-state index contributed by atoms with van der Waals surface area (Å²) in [5.74, 6) is 2.00. The Kier molecular flexibility index (Phi) is 5.05. The van der Waals surface area contributed by atoms with Gasteiger partial charge in [-0.2, -0.15) is 0 Å². The summed E-state index contributed by atoms with van der Waals surface area (Å²) < 4.78 is 0. The van der Waals surface area contributed by atoms with Crippen LogP contribution in [0.5, 0.6) is 0 Å². The SMILES string of the molecule is CN(C)c1cc(N=C(c2ccccc2)N2CCCCC2)c2ccccc2n1. The molecule has 27 heavy (non-hydrogen) atoms. The largest absolute Gasteiger partial charge is 0.363 e. The van der Waals surface area contributed by atoms with Crippen molar-refractivity contribution in [1.82, 2.24) is 9.88 Å². The van der Waals surface area contributed by atoms with Crippen LogP contribution in [0.4, 0.5) is 11.5 Å². The molecule has 3 aromatic rings. The first-order valence-electron chi connectivity index (χ1n) is 9.68. The maximum atomic E-state index is 5.20. The molecule has 0 atom stereocenters. The normalized spacial score (nSPS) is 15.2. The number of anilines is 1. The van der Waals surface area contributed by atoms with Crippen LogP contribution in [0.2, 0.25) is 0 Å². The highest BCUT2D eigenvalue weighted by molar-refractivity contribution is 6.03. The van der Waals surface area contributed by atoms with Gasteiger partial charge in [-0.15, -0.1) is 0 Å². The van der Waals surface area contributed by atoms with Crippen molar-refractivity contribution in [2.24, 2.45) is 4.99 Å². The number of aliphatic imine (C=N–C) groups is 1. The van der Waals surface area contributed by atoms with Gasteiger partial charge in [0.2, 0.25) is 0 Å². The van der Waals surface area contributed by atoms with Crippen LogP contribution < -0.4 is 4.90 Å². The summed E-state index contributed by atoms with van der Waals surface area (Å²) in [5, 5.41) is 1.09. The average molecular weight is 358 g/mol. The van der Waals surface area contributed by atoms with Crippen molar-refractivity contribution < 1.29 is 0 Å². The predicted octanol–water partition coefficient (Wildman–Crippen LogP) is 4.87. The van der Waals surface area contributed by atoms with E-state index in [2.05, 4.69) is 59.5 Å². The van der Waals surface area contributed by atoms with Gasteiger partial charge in [0.15, 0.2) is 0 Å². The molecule has 2 heterocycles. The molecule has 0 unspecified atom stereocenters. The van der Waals surface area contributed by atoms with Crippen LogP contribution >= 0.6 is 0 Å². The second kappa shape index (κ2) is 7.78. The number of rotatable bonds is 3. The molecule has 138 valence electrons. The first kappa shape index (κ1) is 17.5. The Labute approximate surface area is 161 Å². The molecule has 0 amide bonds. The Morgan fingerprint density at radius 2 is 1.63 bits per heavy atom. The monoisotopic (exact) mass is 358 g/mol. The Hall–Kier alpha value is -2.88. The molecule has 1 fully saturated rings. The molecule has 4 rings (SSSR count). The molecule has 0 aliphatic carbocycles. The van der Waals surface area contributed by atoms with E-state index in [1.807, 2.05) is 25.1 Å². The zero-order chi connectivity index (χ0) is 18.6. The number of nitrogens with zero attached hydrogens (tertiary/aromatic N) is 4. The van der Waals surface area contributed by atoms with E-state index in [1.54, 1.807) is 0 Å². The van der Waals surface area contributed by atoms with E-state index in [-0.39, 0.29) is 0 Å². The Morgan fingerprint density at radius 3 is 2.37 bits per heavy atom. The molecule has 2 aromatic carbocycles. The number of likely N-dealkylation sites (tertiary alicyclic amines) is 1. The van der Waals surface area contributed by atoms with E-state index < -0.39 is 0 Å². The minimum absolute atomic E-state index is 0.929. The lowest BCUT2D eigenvalue weighted by atomic mass is 10.1. The number of fused-ring (bicyclic) bond motifs is 1. The third-order valence-electron chi connectivity index (χ3n) is 5.05. The number of para-hydroxylation sites is 1. The van der Waals surface area contributed by atoms with Crippen LogP contribution in [0.1, 0.15) is 24.8 Å². The van der Waals surface area contributed by atoms with Gasteiger partial charge in [0.05, 0.1) is 11.2 Å². The number of piperidine rings is 1. The fraction of sp³-hybridized carbons (Fsp3) is 0.304. The number of hydrogen-bond acceptors (Lipinski definition) is 3. The van der Waals surface area contributed by atoms with Gasteiger partial charge in [-0.3, -0.25) is 0 Å².